The second-order valence-electron chi connectivity index (χ2n) is 13.9. The molecule has 0 atom stereocenters. The van der Waals surface area contributed by atoms with Crippen LogP contribution in [0.5, 0.6) is 0 Å². The van der Waals surface area contributed by atoms with Crippen LogP contribution in [0.1, 0.15) is 70.0 Å². The molecule has 0 amide bonds. The van der Waals surface area contributed by atoms with Crippen molar-refractivity contribution < 1.29 is 32.7 Å². The first-order chi connectivity index (χ1) is 28.7. The van der Waals surface area contributed by atoms with E-state index in [1.807, 2.05) is 36.5 Å². The van der Waals surface area contributed by atoms with Crippen LogP contribution in [0.2, 0.25) is 0 Å². The zero-order chi connectivity index (χ0) is 42.3. The van der Waals surface area contributed by atoms with Crippen LogP contribution in [0.25, 0.3) is 72.6 Å². The van der Waals surface area contributed by atoms with E-state index in [0.29, 0.717) is 23.1 Å². The summed E-state index contributed by atoms with van der Waals surface area (Å²) in [5.41, 5.74) is 11.5. The maximum atomic E-state index is 7.28. The minimum absolute atomic E-state index is 0. The second kappa shape index (κ2) is 16.0. The van der Waals surface area contributed by atoms with Crippen LogP contribution >= 0.6 is 0 Å². The molecular weight excluding hydrogens is 853 g/mol. The van der Waals surface area contributed by atoms with Crippen LogP contribution in [0, 0.1) is 25.8 Å². The Bertz CT molecular complexity index is 2870. The smallest absolute Gasteiger partial charge is 0.155 e. The Morgan fingerprint density at radius 2 is 1.44 bits per heavy atom. The van der Waals surface area contributed by atoms with E-state index in [1.165, 1.54) is 35.5 Å². The first-order valence-corrected chi connectivity index (χ1v) is 18.1. The molecule has 55 heavy (non-hydrogen) atoms. The van der Waals surface area contributed by atoms with Crippen LogP contribution in [0.15, 0.2) is 138 Å². The molecule has 0 saturated heterocycles. The Balaban J connectivity index is 0.000000226. The van der Waals surface area contributed by atoms with E-state index in [1.54, 1.807) is 12.1 Å². The molecule has 9 rings (SSSR count). The molecule has 4 heterocycles. The monoisotopic (exact) mass is 901 g/mol. The molecule has 0 spiro atoms. The third-order valence-corrected chi connectivity index (χ3v) is 9.58. The fourth-order valence-corrected chi connectivity index (χ4v) is 6.90. The topological polar surface area (TPSA) is 56.7 Å². The number of imidazole rings is 1. The van der Waals surface area contributed by atoms with E-state index >= 15 is 0 Å². The van der Waals surface area contributed by atoms with Crippen molar-refractivity contribution in [3.05, 3.63) is 168 Å². The van der Waals surface area contributed by atoms with E-state index < -0.39 is 13.7 Å². The van der Waals surface area contributed by atoms with Crippen LogP contribution < -0.4 is 0 Å². The number of furan rings is 1. The van der Waals surface area contributed by atoms with E-state index in [0.717, 1.165) is 61.3 Å². The van der Waals surface area contributed by atoms with Gasteiger partial charge in [-0.25, -0.2) is 4.98 Å². The number of rotatable bonds is 6. The van der Waals surface area contributed by atoms with Gasteiger partial charge in [0.2, 0.25) is 0 Å². The van der Waals surface area contributed by atoms with Crippen molar-refractivity contribution in [3.8, 4) is 39.5 Å². The van der Waals surface area contributed by atoms with Crippen molar-refractivity contribution in [1.82, 2.24) is 19.5 Å². The molecule has 275 valence electrons. The van der Waals surface area contributed by atoms with Gasteiger partial charge in [0.25, 0.3) is 0 Å². The average molecular weight is 901 g/mol. The molecule has 1 radical (unpaired) electrons. The summed E-state index contributed by atoms with van der Waals surface area (Å²) in [6, 6.07) is 45.3. The van der Waals surface area contributed by atoms with Gasteiger partial charge < -0.3 is 14.0 Å². The van der Waals surface area contributed by atoms with Gasteiger partial charge in [0.05, 0.1) is 16.9 Å². The molecule has 9 aromatic rings. The fourth-order valence-electron chi connectivity index (χ4n) is 6.90. The van der Waals surface area contributed by atoms with Crippen molar-refractivity contribution in [2.24, 2.45) is 0 Å². The first-order valence-electron chi connectivity index (χ1n) is 21.1. The zero-order valence-corrected chi connectivity index (χ0v) is 33.3. The molecule has 4 aromatic heterocycles. The molecule has 6 heteroatoms. The van der Waals surface area contributed by atoms with Crippen LogP contribution in [-0.4, -0.2) is 19.5 Å². The number of aromatic nitrogens is 4. The van der Waals surface area contributed by atoms with Gasteiger partial charge in [0.15, 0.2) is 5.65 Å². The Morgan fingerprint density at radius 1 is 0.691 bits per heavy atom. The summed E-state index contributed by atoms with van der Waals surface area (Å²) in [4.78, 5) is 14.4. The summed E-state index contributed by atoms with van der Waals surface area (Å²) in [6.07, 6.45) is 3.26. The molecule has 0 saturated carbocycles. The predicted molar refractivity (Wildman–Crippen MR) is 222 cm³/mol. The first kappa shape index (κ1) is 30.6. The van der Waals surface area contributed by atoms with Crippen LogP contribution in [0.3, 0.4) is 0 Å². The quantitative estimate of drug-likeness (QED) is 0.156. The SMILES string of the molecule is CC(C)c1cccc(C(C)C)c1-n1c(-c2[c-]ccc3c2oc2ccccc23)nc2cc(-c3ccccc3)cnc21.[2H]C([2H])([2H])c1c[c-]c(-c2ccc(C([2H])([2H])[2H])cn2)cc1.[Ir]. The molecule has 0 aliphatic heterocycles. The summed E-state index contributed by atoms with van der Waals surface area (Å²) in [5.74, 6) is 1.41. The number of benzene rings is 5. The summed E-state index contributed by atoms with van der Waals surface area (Å²) < 4.78 is 52.4. The van der Waals surface area contributed by atoms with Gasteiger partial charge in [0, 0.05) is 57.4 Å². The maximum absolute atomic E-state index is 7.28. The van der Waals surface area contributed by atoms with Gasteiger partial charge >= 0.3 is 0 Å². The van der Waals surface area contributed by atoms with E-state index in [9.17, 15) is 0 Å². The van der Waals surface area contributed by atoms with Gasteiger partial charge in [-0.05, 0) is 58.8 Å². The fraction of sp³-hybridized carbons (Fsp3) is 0.163. The van der Waals surface area contributed by atoms with Crippen molar-refractivity contribution in [3.63, 3.8) is 0 Å². The van der Waals surface area contributed by atoms with E-state index in [2.05, 4.69) is 110 Å². The number of fused-ring (bicyclic) bond motifs is 4. The van der Waals surface area contributed by atoms with Gasteiger partial charge in [-0.15, -0.1) is 53.6 Å². The number of hydrogen-bond acceptors (Lipinski definition) is 4. The number of para-hydroxylation sites is 2. The standard InChI is InChI=1S/C36H30N3O.C13H12N.Ir/c1-22(2)26-15-10-16-27(23(3)4)33(26)39-35(30-18-11-17-29-28-14-8-9-19-32(28)40-34(29)30)38-31-20-25(21-37-36(31)39)24-12-6-5-7-13-24;1-10-3-6-12(7-4-10)13-8-5-11(2)9-14-13;/h5-17,19-23H,1-4H3;3-6,8-9H,1-2H3;/q2*-1;/i;1D3,2D3;. The number of aryl methyl sites for hydroxylation is 2. The Morgan fingerprint density at radius 3 is 2.13 bits per heavy atom. The third kappa shape index (κ3) is 7.41. The number of pyridine rings is 2. The summed E-state index contributed by atoms with van der Waals surface area (Å²) in [5, 5.41) is 2.15. The molecular formula is C49H42IrN4O-2. The molecule has 0 fully saturated rings. The van der Waals surface area contributed by atoms with Gasteiger partial charge in [-0.2, -0.15) is 0 Å². The van der Waals surface area contributed by atoms with E-state index in [-0.39, 0.29) is 31.2 Å². The minimum Gasteiger partial charge on any atom is -0.501 e. The summed E-state index contributed by atoms with van der Waals surface area (Å²) in [6.45, 7) is 4.64. The van der Waals surface area contributed by atoms with Crippen LogP contribution in [-0.2, 0) is 20.1 Å². The van der Waals surface area contributed by atoms with Gasteiger partial charge in [-0.3, -0.25) is 4.98 Å². The molecule has 0 unspecified atom stereocenters. The van der Waals surface area contributed by atoms with Gasteiger partial charge in [0.1, 0.15) is 5.58 Å². The summed E-state index contributed by atoms with van der Waals surface area (Å²) >= 11 is 0. The Labute approximate surface area is 344 Å². The molecule has 5 aromatic carbocycles. The van der Waals surface area contributed by atoms with Crippen LogP contribution in [0.4, 0.5) is 0 Å². The van der Waals surface area contributed by atoms with Crippen molar-refractivity contribution >= 4 is 33.1 Å². The molecule has 0 aliphatic carbocycles. The number of hydrogen-bond donors (Lipinski definition) is 0. The average Bonchev–Trinajstić information content (AvgIpc) is 3.82. The van der Waals surface area contributed by atoms with Crippen molar-refractivity contribution in [1.29, 1.82) is 0 Å². The summed E-state index contributed by atoms with van der Waals surface area (Å²) in [7, 11) is 0. The van der Waals surface area contributed by atoms with E-state index in [4.69, 9.17) is 22.6 Å². The van der Waals surface area contributed by atoms with Crippen molar-refractivity contribution in [2.45, 2.75) is 53.2 Å². The molecule has 5 nitrogen and oxygen atoms in total. The molecule has 0 N–H and O–H groups in total. The number of nitrogens with zero attached hydrogens (tertiary/aromatic N) is 4. The zero-order valence-electron chi connectivity index (χ0n) is 36.9. The normalized spacial score (nSPS) is 13.3. The second-order valence-corrected chi connectivity index (χ2v) is 13.9. The largest absolute Gasteiger partial charge is 0.501 e. The Hall–Kier alpha value is -5.68. The minimum atomic E-state index is -2.18. The Kier molecular flexibility index (Phi) is 8.89. The van der Waals surface area contributed by atoms with Crippen molar-refractivity contribution in [2.75, 3.05) is 0 Å². The molecule has 0 bridgehead atoms. The maximum Gasteiger partial charge on any atom is 0.155 e. The molecule has 0 aliphatic rings. The van der Waals surface area contributed by atoms with Gasteiger partial charge in [-0.1, -0.05) is 124 Å². The predicted octanol–water partition coefficient (Wildman–Crippen LogP) is 12.9. The third-order valence-electron chi connectivity index (χ3n) is 9.58.